The Hall–Kier alpha value is -1.05. The van der Waals surface area contributed by atoms with E-state index in [1.165, 1.54) is 0 Å². The van der Waals surface area contributed by atoms with Gasteiger partial charge in [0.2, 0.25) is 10.0 Å². The van der Waals surface area contributed by atoms with Gasteiger partial charge in [0.05, 0.1) is 5.75 Å². The average Bonchev–Trinajstić information content (AvgIpc) is 2.31. The Balaban J connectivity index is 2.56. The Morgan fingerprint density at radius 3 is 2.63 bits per heavy atom. The van der Waals surface area contributed by atoms with Gasteiger partial charge in [0.15, 0.2) is 0 Å². The van der Waals surface area contributed by atoms with Gasteiger partial charge in [-0.15, -0.1) is 0 Å². The summed E-state index contributed by atoms with van der Waals surface area (Å²) in [6, 6.07) is 2.73. The molecule has 0 saturated carbocycles. The van der Waals surface area contributed by atoms with Crippen LogP contribution in [0.25, 0.3) is 0 Å². The third-order valence-electron chi connectivity index (χ3n) is 2.61. The standard InChI is InChI=1S/C12H18F2N2O2S/c1-3-16-19(17,18)7-6-15-9(2)11-8-10(13)4-5-12(11)14/h4-5,8-9,15-16H,3,6-7H2,1-2H3. The van der Waals surface area contributed by atoms with Gasteiger partial charge in [-0.25, -0.2) is 21.9 Å². The van der Waals surface area contributed by atoms with Gasteiger partial charge in [0, 0.05) is 24.7 Å². The van der Waals surface area contributed by atoms with Gasteiger partial charge in [0.25, 0.3) is 0 Å². The normalized spacial score (nSPS) is 13.5. The van der Waals surface area contributed by atoms with E-state index in [1.54, 1.807) is 13.8 Å². The molecule has 4 nitrogen and oxygen atoms in total. The van der Waals surface area contributed by atoms with Crippen molar-refractivity contribution in [2.75, 3.05) is 18.8 Å². The Kier molecular flexibility index (Phi) is 5.84. The van der Waals surface area contributed by atoms with Crippen LogP contribution >= 0.6 is 0 Å². The number of hydrogen-bond donors (Lipinski definition) is 2. The fourth-order valence-corrected chi connectivity index (χ4v) is 2.63. The van der Waals surface area contributed by atoms with E-state index in [9.17, 15) is 17.2 Å². The quantitative estimate of drug-likeness (QED) is 0.802. The zero-order valence-electron chi connectivity index (χ0n) is 10.9. The number of nitrogens with one attached hydrogen (secondary N) is 2. The van der Waals surface area contributed by atoms with Crippen LogP contribution in [0.1, 0.15) is 25.5 Å². The summed E-state index contributed by atoms with van der Waals surface area (Å²) >= 11 is 0. The van der Waals surface area contributed by atoms with Crippen LogP contribution in [0.5, 0.6) is 0 Å². The van der Waals surface area contributed by atoms with Crippen molar-refractivity contribution >= 4 is 10.0 Å². The van der Waals surface area contributed by atoms with E-state index in [0.717, 1.165) is 18.2 Å². The Morgan fingerprint density at radius 2 is 2.00 bits per heavy atom. The molecule has 0 saturated heterocycles. The third-order valence-corrected chi connectivity index (χ3v) is 4.08. The summed E-state index contributed by atoms with van der Waals surface area (Å²) in [6.45, 7) is 3.83. The molecule has 7 heteroatoms. The SMILES string of the molecule is CCNS(=O)(=O)CCNC(C)c1cc(F)ccc1F. The molecule has 108 valence electrons. The van der Waals surface area contributed by atoms with Crippen LogP contribution in [-0.4, -0.2) is 27.3 Å². The van der Waals surface area contributed by atoms with Crippen LogP contribution in [0.4, 0.5) is 8.78 Å². The lowest BCUT2D eigenvalue weighted by molar-refractivity contribution is 0.525. The molecule has 1 atom stereocenters. The first-order valence-electron chi connectivity index (χ1n) is 6.01. The number of benzene rings is 1. The smallest absolute Gasteiger partial charge is 0.212 e. The van der Waals surface area contributed by atoms with Crippen LogP contribution < -0.4 is 10.0 Å². The summed E-state index contributed by atoms with van der Waals surface area (Å²) < 4.78 is 51.6. The van der Waals surface area contributed by atoms with Gasteiger partial charge < -0.3 is 5.32 Å². The van der Waals surface area contributed by atoms with Crippen LogP contribution in [0, 0.1) is 11.6 Å². The summed E-state index contributed by atoms with van der Waals surface area (Å²) in [4.78, 5) is 0. The molecule has 0 amide bonds. The van der Waals surface area contributed by atoms with E-state index in [4.69, 9.17) is 0 Å². The van der Waals surface area contributed by atoms with Gasteiger partial charge in [-0.05, 0) is 25.1 Å². The summed E-state index contributed by atoms with van der Waals surface area (Å²) in [5.74, 6) is -1.15. The second kappa shape index (κ2) is 6.93. The van der Waals surface area contributed by atoms with Gasteiger partial charge >= 0.3 is 0 Å². The van der Waals surface area contributed by atoms with E-state index in [2.05, 4.69) is 10.0 Å². The molecule has 0 aliphatic heterocycles. The zero-order chi connectivity index (χ0) is 14.5. The van der Waals surface area contributed by atoms with E-state index >= 15 is 0 Å². The predicted molar refractivity (Wildman–Crippen MR) is 70.2 cm³/mol. The van der Waals surface area contributed by atoms with E-state index in [0.29, 0.717) is 6.54 Å². The van der Waals surface area contributed by atoms with Gasteiger partial charge in [-0.2, -0.15) is 0 Å². The maximum absolute atomic E-state index is 13.5. The van der Waals surface area contributed by atoms with Crippen LogP contribution in [0.3, 0.4) is 0 Å². The minimum Gasteiger partial charge on any atom is -0.309 e. The molecule has 0 radical (unpaired) electrons. The van der Waals surface area contributed by atoms with Gasteiger partial charge in [0.1, 0.15) is 11.6 Å². The minimum absolute atomic E-state index is 0.109. The zero-order valence-corrected chi connectivity index (χ0v) is 11.7. The molecule has 0 fully saturated rings. The molecule has 1 aromatic carbocycles. The van der Waals surface area contributed by atoms with Crippen LogP contribution in [0.2, 0.25) is 0 Å². The maximum atomic E-state index is 13.5. The molecule has 1 rings (SSSR count). The molecular weight excluding hydrogens is 274 g/mol. The largest absolute Gasteiger partial charge is 0.309 e. The molecular formula is C12H18F2N2O2S. The first kappa shape index (κ1) is 16.0. The van der Waals surface area contributed by atoms with Crippen molar-refractivity contribution in [3.8, 4) is 0 Å². The topological polar surface area (TPSA) is 58.2 Å². The van der Waals surface area contributed by atoms with Crippen molar-refractivity contribution in [2.45, 2.75) is 19.9 Å². The van der Waals surface area contributed by atoms with Crippen LogP contribution in [-0.2, 0) is 10.0 Å². The van der Waals surface area contributed by atoms with Crippen molar-refractivity contribution in [1.29, 1.82) is 0 Å². The monoisotopic (exact) mass is 292 g/mol. The summed E-state index contributed by atoms with van der Waals surface area (Å²) in [7, 11) is -3.31. The third kappa shape index (κ3) is 5.22. The maximum Gasteiger partial charge on any atom is 0.212 e. The molecule has 1 unspecified atom stereocenters. The van der Waals surface area contributed by atoms with Gasteiger partial charge in [-0.1, -0.05) is 6.92 Å². The highest BCUT2D eigenvalue weighted by Gasteiger charge is 2.13. The second-order valence-corrected chi connectivity index (χ2v) is 6.08. The summed E-state index contributed by atoms with van der Waals surface area (Å²) in [5, 5.41) is 2.86. The predicted octanol–water partition coefficient (Wildman–Crippen LogP) is 1.55. The van der Waals surface area contributed by atoms with Crippen molar-refractivity contribution in [3.05, 3.63) is 35.4 Å². The lowest BCUT2D eigenvalue weighted by atomic mass is 10.1. The molecule has 2 N–H and O–H groups in total. The minimum atomic E-state index is -3.31. The van der Waals surface area contributed by atoms with Crippen molar-refractivity contribution in [2.24, 2.45) is 0 Å². The molecule has 0 aliphatic rings. The fourth-order valence-electron chi connectivity index (χ4n) is 1.66. The van der Waals surface area contributed by atoms with Gasteiger partial charge in [-0.3, -0.25) is 0 Å². The number of hydrogen-bond acceptors (Lipinski definition) is 3. The highest BCUT2D eigenvalue weighted by molar-refractivity contribution is 7.89. The van der Waals surface area contributed by atoms with E-state index < -0.39 is 27.7 Å². The van der Waals surface area contributed by atoms with E-state index in [1.807, 2.05) is 0 Å². The first-order valence-corrected chi connectivity index (χ1v) is 7.66. The Labute approximate surface area is 112 Å². The molecule has 0 spiro atoms. The van der Waals surface area contributed by atoms with Crippen LogP contribution in [0.15, 0.2) is 18.2 Å². The molecule has 0 bridgehead atoms. The first-order chi connectivity index (χ1) is 8.85. The molecule has 0 aliphatic carbocycles. The molecule has 0 aromatic heterocycles. The second-order valence-electron chi connectivity index (χ2n) is 4.16. The molecule has 0 heterocycles. The lowest BCUT2D eigenvalue weighted by Crippen LogP contribution is -2.32. The lowest BCUT2D eigenvalue weighted by Gasteiger charge is -2.15. The average molecular weight is 292 g/mol. The Bertz CT molecular complexity index is 520. The number of halogens is 2. The number of rotatable bonds is 7. The highest BCUT2D eigenvalue weighted by atomic mass is 32.2. The Morgan fingerprint density at radius 1 is 1.32 bits per heavy atom. The molecule has 1 aromatic rings. The van der Waals surface area contributed by atoms with Crippen molar-refractivity contribution in [3.63, 3.8) is 0 Å². The number of sulfonamides is 1. The van der Waals surface area contributed by atoms with E-state index in [-0.39, 0.29) is 17.9 Å². The highest BCUT2D eigenvalue weighted by Crippen LogP contribution is 2.17. The summed E-state index contributed by atoms with van der Waals surface area (Å²) in [6.07, 6.45) is 0. The summed E-state index contributed by atoms with van der Waals surface area (Å²) in [5.41, 5.74) is 0.181. The van der Waals surface area contributed by atoms with Crippen molar-refractivity contribution in [1.82, 2.24) is 10.0 Å². The molecule has 19 heavy (non-hydrogen) atoms. The fraction of sp³-hybridized carbons (Fsp3) is 0.500. The van der Waals surface area contributed by atoms with Crippen molar-refractivity contribution < 1.29 is 17.2 Å².